The number of methoxy groups -OCH3 is 1. The van der Waals surface area contributed by atoms with E-state index in [1.54, 1.807) is 31.4 Å². The lowest BCUT2D eigenvalue weighted by molar-refractivity contribution is -0.140. The van der Waals surface area contributed by atoms with Crippen LogP contribution in [0.15, 0.2) is 42.5 Å². The number of carbonyl (C=O) groups excluding carboxylic acids is 2. The van der Waals surface area contributed by atoms with Gasteiger partial charge in [0.1, 0.15) is 18.3 Å². The molecule has 8 nitrogen and oxygen atoms in total. The van der Waals surface area contributed by atoms with E-state index in [4.69, 9.17) is 27.9 Å². The van der Waals surface area contributed by atoms with Crippen molar-refractivity contribution < 1.29 is 22.7 Å². The van der Waals surface area contributed by atoms with Gasteiger partial charge in [-0.2, -0.15) is 0 Å². The molecule has 0 aliphatic rings. The predicted molar refractivity (Wildman–Crippen MR) is 144 cm³/mol. The largest absolute Gasteiger partial charge is 0.497 e. The summed E-state index contributed by atoms with van der Waals surface area (Å²) in [4.78, 5) is 28.1. The van der Waals surface area contributed by atoms with E-state index < -0.39 is 28.5 Å². The number of nitrogens with zero attached hydrogens (tertiary/aromatic N) is 2. The van der Waals surface area contributed by atoms with Gasteiger partial charge in [-0.3, -0.25) is 13.9 Å². The minimum atomic E-state index is -3.89. The lowest BCUT2D eigenvalue weighted by atomic mass is 10.1. The number of rotatable bonds is 13. The first-order chi connectivity index (χ1) is 17.0. The highest BCUT2D eigenvalue weighted by Gasteiger charge is 2.32. The molecule has 36 heavy (non-hydrogen) atoms. The van der Waals surface area contributed by atoms with Crippen molar-refractivity contribution in [1.29, 1.82) is 0 Å². The number of amides is 2. The zero-order chi connectivity index (χ0) is 26.9. The number of hydrogen-bond donors (Lipinski definition) is 1. The normalized spacial score (nSPS) is 12.1. The SMILES string of the molecule is CCCCNC(=O)[C@@H](CC)N(Cc1ccc(OC)cc1)C(=O)CN(c1ccc(Cl)cc1Cl)S(C)(=O)=O. The van der Waals surface area contributed by atoms with Gasteiger partial charge in [-0.05, 0) is 48.7 Å². The molecule has 0 aliphatic heterocycles. The fourth-order valence-electron chi connectivity index (χ4n) is 3.63. The van der Waals surface area contributed by atoms with Crippen LogP contribution >= 0.6 is 23.2 Å². The predicted octanol–water partition coefficient (Wildman–Crippen LogP) is 4.49. The van der Waals surface area contributed by atoms with Gasteiger partial charge in [0, 0.05) is 18.1 Å². The van der Waals surface area contributed by atoms with Gasteiger partial charge in [-0.15, -0.1) is 0 Å². The van der Waals surface area contributed by atoms with Crippen LogP contribution in [0.25, 0.3) is 0 Å². The Morgan fingerprint density at radius 3 is 2.28 bits per heavy atom. The summed E-state index contributed by atoms with van der Waals surface area (Å²) in [5.74, 6) is -0.176. The molecule has 0 bridgehead atoms. The molecule has 11 heteroatoms. The maximum Gasteiger partial charge on any atom is 0.244 e. The Hall–Kier alpha value is -2.49. The van der Waals surface area contributed by atoms with E-state index in [9.17, 15) is 18.0 Å². The summed E-state index contributed by atoms with van der Waals surface area (Å²) in [6.45, 7) is 3.89. The molecule has 2 rings (SSSR count). The zero-order valence-electron chi connectivity index (χ0n) is 21.0. The number of benzene rings is 2. The topological polar surface area (TPSA) is 96.0 Å². The fourth-order valence-corrected chi connectivity index (χ4v) is 5.05. The number of halogens is 2. The van der Waals surface area contributed by atoms with Crippen LogP contribution in [-0.2, 0) is 26.2 Å². The second kappa shape index (κ2) is 13.7. The number of sulfonamides is 1. The molecule has 0 fully saturated rings. The highest BCUT2D eigenvalue weighted by Crippen LogP contribution is 2.30. The number of unbranched alkanes of at least 4 members (excludes halogenated alkanes) is 1. The zero-order valence-corrected chi connectivity index (χ0v) is 23.3. The van der Waals surface area contributed by atoms with Crippen molar-refractivity contribution in [2.24, 2.45) is 0 Å². The third-order valence-corrected chi connectivity index (χ3v) is 7.25. The average molecular weight is 559 g/mol. The summed E-state index contributed by atoms with van der Waals surface area (Å²) in [6, 6.07) is 10.7. The number of nitrogens with one attached hydrogen (secondary N) is 1. The van der Waals surface area contributed by atoms with Gasteiger partial charge in [0.05, 0.1) is 24.1 Å². The summed E-state index contributed by atoms with van der Waals surface area (Å²) in [6.07, 6.45) is 3.07. The van der Waals surface area contributed by atoms with Crippen molar-refractivity contribution in [3.05, 3.63) is 58.1 Å². The molecule has 0 heterocycles. The highest BCUT2D eigenvalue weighted by atomic mass is 35.5. The van der Waals surface area contributed by atoms with Crippen LogP contribution in [0.1, 0.15) is 38.7 Å². The van der Waals surface area contributed by atoms with E-state index in [0.29, 0.717) is 23.7 Å². The molecule has 0 saturated carbocycles. The molecule has 0 unspecified atom stereocenters. The Morgan fingerprint density at radius 1 is 1.08 bits per heavy atom. The van der Waals surface area contributed by atoms with Crippen molar-refractivity contribution >= 4 is 50.7 Å². The number of ether oxygens (including phenoxy) is 1. The molecule has 198 valence electrons. The third-order valence-electron chi connectivity index (χ3n) is 5.59. The molecular formula is C25H33Cl2N3O5S. The third kappa shape index (κ3) is 8.28. The van der Waals surface area contributed by atoms with Crippen LogP contribution < -0.4 is 14.4 Å². The van der Waals surface area contributed by atoms with Gasteiger partial charge in [0.25, 0.3) is 0 Å². The number of anilines is 1. The van der Waals surface area contributed by atoms with Crippen LogP contribution in [0.3, 0.4) is 0 Å². The van der Waals surface area contributed by atoms with Crippen LogP contribution in [0.5, 0.6) is 5.75 Å². The minimum absolute atomic E-state index is 0.0896. The first-order valence-corrected chi connectivity index (χ1v) is 14.2. The molecule has 0 saturated heterocycles. The summed E-state index contributed by atoms with van der Waals surface area (Å²) in [5.41, 5.74) is 0.890. The van der Waals surface area contributed by atoms with Gasteiger partial charge < -0.3 is 15.0 Å². The number of carbonyl (C=O) groups is 2. The van der Waals surface area contributed by atoms with Crippen molar-refractivity contribution in [2.75, 3.05) is 30.8 Å². The second-order valence-electron chi connectivity index (χ2n) is 8.30. The number of hydrogen-bond acceptors (Lipinski definition) is 5. The van der Waals surface area contributed by atoms with Crippen molar-refractivity contribution in [1.82, 2.24) is 10.2 Å². The molecular weight excluding hydrogens is 525 g/mol. The van der Waals surface area contributed by atoms with E-state index in [2.05, 4.69) is 5.32 Å². The van der Waals surface area contributed by atoms with E-state index >= 15 is 0 Å². The van der Waals surface area contributed by atoms with Gasteiger partial charge in [0.15, 0.2) is 0 Å². The monoisotopic (exact) mass is 557 g/mol. The Kier molecular flexibility index (Phi) is 11.3. The van der Waals surface area contributed by atoms with Gasteiger partial charge in [0.2, 0.25) is 21.8 Å². The first kappa shape index (κ1) is 29.7. The Labute approximate surface area is 223 Å². The lowest BCUT2D eigenvalue weighted by Gasteiger charge is -2.33. The van der Waals surface area contributed by atoms with Crippen LogP contribution in [0.4, 0.5) is 5.69 Å². The van der Waals surface area contributed by atoms with Crippen LogP contribution in [0, 0.1) is 0 Å². The van der Waals surface area contributed by atoms with E-state index in [1.165, 1.54) is 23.1 Å². The Bertz CT molecular complexity index is 1140. The molecule has 2 aromatic rings. The van der Waals surface area contributed by atoms with Gasteiger partial charge in [-0.25, -0.2) is 8.42 Å². The molecule has 1 N–H and O–H groups in total. The van der Waals surface area contributed by atoms with Gasteiger partial charge in [-0.1, -0.05) is 55.6 Å². The molecule has 1 atom stereocenters. The van der Waals surface area contributed by atoms with Gasteiger partial charge >= 0.3 is 0 Å². The lowest BCUT2D eigenvalue weighted by Crippen LogP contribution is -2.52. The molecule has 2 aromatic carbocycles. The fraction of sp³-hybridized carbons (Fsp3) is 0.440. The molecule has 0 radical (unpaired) electrons. The second-order valence-corrected chi connectivity index (χ2v) is 11.1. The molecule has 0 aromatic heterocycles. The van der Waals surface area contributed by atoms with Crippen molar-refractivity contribution in [3.8, 4) is 5.75 Å². The maximum absolute atomic E-state index is 13.7. The van der Waals surface area contributed by atoms with Crippen molar-refractivity contribution in [2.45, 2.75) is 45.7 Å². The van der Waals surface area contributed by atoms with E-state index in [0.717, 1.165) is 29.0 Å². The van der Waals surface area contributed by atoms with Crippen molar-refractivity contribution in [3.63, 3.8) is 0 Å². The summed E-state index contributed by atoms with van der Waals surface area (Å²) in [5, 5.41) is 3.31. The molecule has 0 spiro atoms. The Morgan fingerprint density at radius 2 is 1.75 bits per heavy atom. The van der Waals surface area contributed by atoms with E-state index in [-0.39, 0.29) is 23.2 Å². The highest BCUT2D eigenvalue weighted by molar-refractivity contribution is 7.92. The maximum atomic E-state index is 13.7. The molecule has 0 aliphatic carbocycles. The summed E-state index contributed by atoms with van der Waals surface area (Å²) >= 11 is 12.2. The molecule has 2 amide bonds. The first-order valence-electron chi connectivity index (χ1n) is 11.6. The quantitative estimate of drug-likeness (QED) is 0.366. The van der Waals surface area contributed by atoms with E-state index in [1.807, 2.05) is 13.8 Å². The summed E-state index contributed by atoms with van der Waals surface area (Å²) < 4.78 is 31.5. The standard InChI is InChI=1S/C25H33Cl2N3O5S/c1-5-7-14-28-25(32)22(6-2)29(16-18-8-11-20(35-3)12-9-18)24(31)17-30(36(4,33)34)23-13-10-19(26)15-21(23)27/h8-13,15,22H,5-7,14,16-17H2,1-4H3,(H,28,32)/t22-/m1/s1. The van der Waals surface area contributed by atoms with Crippen LogP contribution in [-0.4, -0.2) is 57.6 Å². The smallest absolute Gasteiger partial charge is 0.244 e. The Balaban J connectivity index is 2.43. The van der Waals surface area contributed by atoms with Crippen LogP contribution in [0.2, 0.25) is 10.0 Å². The minimum Gasteiger partial charge on any atom is -0.497 e. The summed E-state index contributed by atoms with van der Waals surface area (Å²) in [7, 11) is -2.34. The average Bonchev–Trinajstić information content (AvgIpc) is 2.82.